The van der Waals surface area contributed by atoms with Crippen molar-refractivity contribution in [3.05, 3.63) is 35.3 Å². The Bertz CT molecular complexity index is 729. The Morgan fingerprint density at radius 3 is 3.00 bits per heavy atom. The summed E-state index contributed by atoms with van der Waals surface area (Å²) >= 11 is 1.41. The largest absolute Gasteiger partial charge is 0.496 e. The van der Waals surface area contributed by atoms with Crippen LogP contribution in [0.15, 0.2) is 29.6 Å². The van der Waals surface area contributed by atoms with Crippen LogP contribution in [0, 0.1) is 0 Å². The van der Waals surface area contributed by atoms with Crippen LogP contribution in [0.4, 0.5) is 0 Å². The van der Waals surface area contributed by atoms with Crippen LogP contribution in [0.3, 0.4) is 0 Å². The van der Waals surface area contributed by atoms with Gasteiger partial charge in [-0.05, 0) is 12.1 Å². The Kier molecular flexibility index (Phi) is 4.57. The van der Waals surface area contributed by atoms with E-state index in [1.165, 1.54) is 11.3 Å². The molecule has 7 heteroatoms. The third kappa shape index (κ3) is 3.34. The number of para-hydroxylation sites is 1. The molecule has 2 aromatic rings. The zero-order chi connectivity index (χ0) is 16.2. The lowest BCUT2D eigenvalue weighted by Gasteiger charge is -2.17. The lowest BCUT2D eigenvalue weighted by Crippen LogP contribution is -2.34. The molecule has 1 aliphatic rings. The topological polar surface area (TPSA) is 71.5 Å². The molecular formula is C16H17N3O3S. The maximum Gasteiger partial charge on any atom is 0.273 e. The monoisotopic (exact) mass is 331 g/mol. The van der Waals surface area contributed by atoms with Crippen molar-refractivity contribution >= 4 is 23.2 Å². The second kappa shape index (κ2) is 6.78. The van der Waals surface area contributed by atoms with E-state index in [2.05, 4.69) is 10.3 Å². The lowest BCUT2D eigenvalue weighted by atomic mass is 10.2. The summed E-state index contributed by atoms with van der Waals surface area (Å²) in [7, 11) is 1.61. The molecule has 0 bridgehead atoms. The molecule has 0 saturated carbocycles. The normalized spacial score (nSPS) is 15.0. The van der Waals surface area contributed by atoms with Crippen LogP contribution < -0.4 is 10.1 Å². The van der Waals surface area contributed by atoms with Crippen LogP contribution in [0.25, 0.3) is 10.6 Å². The number of hydrogen-bond acceptors (Lipinski definition) is 5. The molecule has 1 aromatic carbocycles. The number of nitrogens with zero attached hydrogens (tertiary/aromatic N) is 2. The van der Waals surface area contributed by atoms with E-state index in [-0.39, 0.29) is 11.8 Å². The number of thiazole rings is 1. The Morgan fingerprint density at radius 1 is 1.35 bits per heavy atom. The molecule has 3 rings (SSSR count). The number of amides is 2. The molecule has 1 saturated heterocycles. The van der Waals surface area contributed by atoms with Gasteiger partial charge in [-0.2, -0.15) is 0 Å². The van der Waals surface area contributed by atoms with E-state index in [1.807, 2.05) is 24.3 Å². The minimum absolute atomic E-state index is 0.0201. The van der Waals surface area contributed by atoms with Gasteiger partial charge in [0.1, 0.15) is 16.5 Å². The zero-order valence-electron chi connectivity index (χ0n) is 12.7. The number of rotatable bonds is 3. The third-order valence-electron chi connectivity index (χ3n) is 3.66. The molecule has 2 heterocycles. The fourth-order valence-corrected chi connectivity index (χ4v) is 3.27. The van der Waals surface area contributed by atoms with Crippen molar-refractivity contribution in [2.75, 3.05) is 26.7 Å². The molecule has 0 unspecified atom stereocenters. The van der Waals surface area contributed by atoms with Crippen LogP contribution in [0.2, 0.25) is 0 Å². The highest BCUT2D eigenvalue weighted by molar-refractivity contribution is 7.13. The number of benzene rings is 1. The standard InChI is InChI=1S/C16H17N3O3S/c1-22-13-5-3-2-4-11(13)15-18-12(10-23-15)16(21)19-8-6-14(20)17-7-9-19/h2-5,10H,6-9H2,1H3,(H,17,20). The van der Waals surface area contributed by atoms with Crippen molar-refractivity contribution in [2.45, 2.75) is 6.42 Å². The van der Waals surface area contributed by atoms with Gasteiger partial charge in [-0.15, -0.1) is 11.3 Å². The average molecular weight is 331 g/mol. The van der Waals surface area contributed by atoms with Crippen molar-refractivity contribution < 1.29 is 14.3 Å². The number of methoxy groups -OCH3 is 1. The minimum atomic E-state index is -0.140. The van der Waals surface area contributed by atoms with Gasteiger partial charge in [0.15, 0.2) is 0 Å². The van der Waals surface area contributed by atoms with E-state index in [0.717, 1.165) is 16.3 Å². The highest BCUT2D eigenvalue weighted by Crippen LogP contribution is 2.32. The zero-order valence-corrected chi connectivity index (χ0v) is 13.6. The van der Waals surface area contributed by atoms with E-state index in [1.54, 1.807) is 17.4 Å². The minimum Gasteiger partial charge on any atom is -0.496 e. The summed E-state index contributed by atoms with van der Waals surface area (Å²) in [6.07, 6.45) is 0.329. The number of carbonyl (C=O) groups excluding carboxylic acids is 2. The Labute approximate surface area is 138 Å². The van der Waals surface area contributed by atoms with Crippen molar-refractivity contribution in [1.82, 2.24) is 15.2 Å². The molecule has 2 amide bonds. The molecule has 1 fully saturated rings. The predicted molar refractivity (Wildman–Crippen MR) is 87.6 cm³/mol. The maximum atomic E-state index is 12.6. The number of carbonyl (C=O) groups is 2. The first-order valence-electron chi connectivity index (χ1n) is 7.34. The van der Waals surface area contributed by atoms with E-state index in [4.69, 9.17) is 4.74 Å². The van der Waals surface area contributed by atoms with Crippen LogP contribution in [0.5, 0.6) is 5.75 Å². The molecule has 0 atom stereocenters. The van der Waals surface area contributed by atoms with E-state index in [9.17, 15) is 9.59 Å². The number of hydrogen-bond donors (Lipinski definition) is 1. The Hall–Kier alpha value is -2.41. The van der Waals surface area contributed by atoms with Gasteiger partial charge in [0.05, 0.1) is 12.7 Å². The van der Waals surface area contributed by atoms with Crippen LogP contribution >= 0.6 is 11.3 Å². The van der Waals surface area contributed by atoms with E-state index < -0.39 is 0 Å². The Morgan fingerprint density at radius 2 is 2.17 bits per heavy atom. The number of ether oxygens (including phenoxy) is 1. The van der Waals surface area contributed by atoms with E-state index in [0.29, 0.717) is 31.7 Å². The summed E-state index contributed by atoms with van der Waals surface area (Å²) in [5.41, 5.74) is 1.28. The van der Waals surface area contributed by atoms with Gasteiger partial charge < -0.3 is 15.0 Å². The summed E-state index contributed by atoms with van der Waals surface area (Å²) in [5.74, 6) is 0.567. The second-order valence-electron chi connectivity index (χ2n) is 5.13. The molecule has 0 aliphatic carbocycles. The van der Waals surface area contributed by atoms with Crippen molar-refractivity contribution in [3.63, 3.8) is 0 Å². The van der Waals surface area contributed by atoms with Gasteiger partial charge >= 0.3 is 0 Å². The first-order chi connectivity index (χ1) is 11.2. The van der Waals surface area contributed by atoms with Crippen molar-refractivity contribution in [2.24, 2.45) is 0 Å². The van der Waals surface area contributed by atoms with Crippen molar-refractivity contribution in [1.29, 1.82) is 0 Å². The number of nitrogens with one attached hydrogen (secondary N) is 1. The highest BCUT2D eigenvalue weighted by atomic mass is 32.1. The van der Waals surface area contributed by atoms with Crippen molar-refractivity contribution in [3.8, 4) is 16.3 Å². The van der Waals surface area contributed by atoms with Gasteiger partial charge in [0.2, 0.25) is 5.91 Å². The predicted octanol–water partition coefficient (Wildman–Crippen LogP) is 1.78. The first-order valence-corrected chi connectivity index (χ1v) is 8.22. The van der Waals surface area contributed by atoms with Gasteiger partial charge in [0.25, 0.3) is 5.91 Å². The smallest absolute Gasteiger partial charge is 0.273 e. The Balaban J connectivity index is 1.81. The average Bonchev–Trinajstić information content (AvgIpc) is 2.97. The molecule has 120 valence electrons. The van der Waals surface area contributed by atoms with Gasteiger partial charge in [-0.3, -0.25) is 9.59 Å². The highest BCUT2D eigenvalue weighted by Gasteiger charge is 2.22. The molecule has 1 aliphatic heterocycles. The van der Waals surface area contributed by atoms with Crippen LogP contribution in [-0.4, -0.2) is 48.4 Å². The lowest BCUT2D eigenvalue weighted by molar-refractivity contribution is -0.120. The van der Waals surface area contributed by atoms with Crippen LogP contribution in [0.1, 0.15) is 16.9 Å². The fourth-order valence-electron chi connectivity index (χ4n) is 2.45. The molecule has 0 radical (unpaired) electrons. The fraction of sp³-hybridized carbons (Fsp3) is 0.312. The molecule has 1 aromatic heterocycles. The molecule has 23 heavy (non-hydrogen) atoms. The summed E-state index contributed by atoms with van der Waals surface area (Å²) in [5, 5.41) is 5.26. The summed E-state index contributed by atoms with van der Waals surface area (Å²) in [4.78, 5) is 30.1. The maximum absolute atomic E-state index is 12.6. The quantitative estimate of drug-likeness (QED) is 0.931. The molecule has 0 spiro atoms. The van der Waals surface area contributed by atoms with Gasteiger partial charge in [-0.25, -0.2) is 4.98 Å². The summed E-state index contributed by atoms with van der Waals surface area (Å²) < 4.78 is 5.34. The molecule has 6 nitrogen and oxygen atoms in total. The van der Waals surface area contributed by atoms with Crippen LogP contribution in [-0.2, 0) is 4.79 Å². The summed E-state index contributed by atoms with van der Waals surface area (Å²) in [6.45, 7) is 1.41. The van der Waals surface area contributed by atoms with Gasteiger partial charge in [-0.1, -0.05) is 12.1 Å². The molecular weight excluding hydrogens is 314 g/mol. The number of aromatic nitrogens is 1. The summed E-state index contributed by atoms with van der Waals surface area (Å²) in [6, 6.07) is 7.58. The first kappa shape index (κ1) is 15.5. The second-order valence-corrected chi connectivity index (χ2v) is 5.99. The van der Waals surface area contributed by atoms with E-state index >= 15 is 0 Å². The third-order valence-corrected chi connectivity index (χ3v) is 4.54. The van der Waals surface area contributed by atoms with Gasteiger partial charge in [0, 0.05) is 31.4 Å². The molecule has 1 N–H and O–H groups in total. The SMILES string of the molecule is COc1ccccc1-c1nc(C(=O)N2CCNC(=O)CC2)cs1.